The first-order valence-corrected chi connectivity index (χ1v) is 7.08. The van der Waals surface area contributed by atoms with Crippen LogP contribution in [0.1, 0.15) is 38.9 Å². The largest absolute Gasteiger partial charge is 0.466 e. The maximum absolute atomic E-state index is 11.5. The van der Waals surface area contributed by atoms with Gasteiger partial charge in [-0.15, -0.1) is 0 Å². The molecular formula is C14H18ClN3O2. The third kappa shape index (κ3) is 2.93. The van der Waals surface area contributed by atoms with Crippen molar-refractivity contribution in [3.63, 3.8) is 0 Å². The van der Waals surface area contributed by atoms with E-state index in [0.717, 1.165) is 16.7 Å². The monoisotopic (exact) mass is 295 g/mol. The van der Waals surface area contributed by atoms with Crippen LogP contribution in [0.4, 0.5) is 0 Å². The molecule has 0 saturated carbocycles. The smallest absolute Gasteiger partial charge is 0.306 e. The first-order chi connectivity index (χ1) is 9.54. The molecule has 0 aromatic carbocycles. The summed E-state index contributed by atoms with van der Waals surface area (Å²) in [6.45, 7) is 6.36. The standard InChI is InChI=1S/C14H18ClN3O2/c1-4-20-12(19)6-5-10-7-11-13(15)16-8-17-14(11)18(10)9(2)3/h7-9H,4-6H2,1-3H3. The Morgan fingerprint density at radius 1 is 1.45 bits per heavy atom. The van der Waals surface area contributed by atoms with Crippen molar-refractivity contribution in [2.24, 2.45) is 0 Å². The summed E-state index contributed by atoms with van der Waals surface area (Å²) < 4.78 is 7.04. The molecule has 5 nitrogen and oxygen atoms in total. The molecule has 0 saturated heterocycles. The van der Waals surface area contributed by atoms with Gasteiger partial charge in [0.1, 0.15) is 17.1 Å². The Morgan fingerprint density at radius 3 is 2.85 bits per heavy atom. The Bertz CT molecular complexity index is 622. The molecule has 2 aromatic rings. The van der Waals surface area contributed by atoms with Gasteiger partial charge in [-0.05, 0) is 33.3 Å². The van der Waals surface area contributed by atoms with Crippen molar-refractivity contribution < 1.29 is 9.53 Å². The predicted molar refractivity (Wildman–Crippen MR) is 77.9 cm³/mol. The molecule has 0 aliphatic carbocycles. The average molecular weight is 296 g/mol. The number of aromatic nitrogens is 3. The predicted octanol–water partition coefficient (Wildman–Crippen LogP) is 3.16. The van der Waals surface area contributed by atoms with Gasteiger partial charge >= 0.3 is 5.97 Å². The number of hydrogen-bond donors (Lipinski definition) is 0. The summed E-state index contributed by atoms with van der Waals surface area (Å²) >= 11 is 6.10. The molecule has 0 aliphatic rings. The number of ether oxygens (including phenoxy) is 1. The van der Waals surface area contributed by atoms with Crippen LogP contribution < -0.4 is 0 Å². The van der Waals surface area contributed by atoms with Crippen molar-refractivity contribution in [2.45, 2.75) is 39.7 Å². The molecule has 6 heteroatoms. The van der Waals surface area contributed by atoms with Crippen LogP contribution in [0.3, 0.4) is 0 Å². The van der Waals surface area contributed by atoms with Gasteiger partial charge in [0.15, 0.2) is 0 Å². The van der Waals surface area contributed by atoms with Crippen molar-refractivity contribution in [2.75, 3.05) is 6.61 Å². The number of aryl methyl sites for hydroxylation is 1. The lowest BCUT2D eigenvalue weighted by Crippen LogP contribution is -2.10. The Labute approximate surface area is 122 Å². The lowest BCUT2D eigenvalue weighted by molar-refractivity contribution is -0.143. The quantitative estimate of drug-likeness (QED) is 0.628. The van der Waals surface area contributed by atoms with E-state index in [-0.39, 0.29) is 12.0 Å². The highest BCUT2D eigenvalue weighted by molar-refractivity contribution is 6.33. The summed E-state index contributed by atoms with van der Waals surface area (Å²) in [6.07, 6.45) is 2.41. The number of nitrogens with zero attached hydrogens (tertiary/aromatic N) is 3. The highest BCUT2D eigenvalue weighted by Gasteiger charge is 2.16. The van der Waals surface area contributed by atoms with E-state index in [2.05, 4.69) is 28.4 Å². The number of esters is 1. The van der Waals surface area contributed by atoms with Gasteiger partial charge in [-0.25, -0.2) is 9.97 Å². The Hall–Kier alpha value is -1.62. The van der Waals surface area contributed by atoms with E-state index in [0.29, 0.717) is 24.6 Å². The lowest BCUT2D eigenvalue weighted by atomic mass is 10.2. The number of carbonyl (C=O) groups excluding carboxylic acids is 1. The molecule has 0 fully saturated rings. The van der Waals surface area contributed by atoms with Crippen LogP contribution in [-0.2, 0) is 16.0 Å². The Balaban J connectivity index is 2.35. The number of rotatable bonds is 5. The molecule has 0 bridgehead atoms. The van der Waals surface area contributed by atoms with Crippen LogP contribution in [0.25, 0.3) is 11.0 Å². The first-order valence-electron chi connectivity index (χ1n) is 6.70. The van der Waals surface area contributed by atoms with E-state index in [9.17, 15) is 4.79 Å². The van der Waals surface area contributed by atoms with E-state index >= 15 is 0 Å². The summed E-state index contributed by atoms with van der Waals surface area (Å²) in [7, 11) is 0. The minimum absolute atomic E-state index is 0.190. The van der Waals surface area contributed by atoms with E-state index in [1.165, 1.54) is 6.33 Å². The lowest BCUT2D eigenvalue weighted by Gasteiger charge is -2.13. The third-order valence-electron chi connectivity index (χ3n) is 3.07. The molecule has 2 heterocycles. The van der Waals surface area contributed by atoms with E-state index in [4.69, 9.17) is 16.3 Å². The van der Waals surface area contributed by atoms with Gasteiger partial charge in [0.05, 0.1) is 18.4 Å². The van der Waals surface area contributed by atoms with Gasteiger partial charge in [-0.3, -0.25) is 4.79 Å². The Morgan fingerprint density at radius 2 is 2.20 bits per heavy atom. The topological polar surface area (TPSA) is 57.0 Å². The maximum atomic E-state index is 11.5. The van der Waals surface area contributed by atoms with Crippen LogP contribution in [0.2, 0.25) is 5.15 Å². The number of hydrogen-bond acceptors (Lipinski definition) is 4. The van der Waals surface area contributed by atoms with Gasteiger partial charge < -0.3 is 9.30 Å². The minimum Gasteiger partial charge on any atom is -0.466 e. The van der Waals surface area contributed by atoms with Gasteiger partial charge in [0, 0.05) is 11.7 Å². The second-order valence-electron chi connectivity index (χ2n) is 4.81. The van der Waals surface area contributed by atoms with Gasteiger partial charge in [0.2, 0.25) is 0 Å². The molecule has 0 unspecified atom stereocenters. The van der Waals surface area contributed by atoms with Gasteiger partial charge in [-0.1, -0.05) is 11.6 Å². The van der Waals surface area contributed by atoms with E-state index in [1.807, 2.05) is 6.07 Å². The van der Waals surface area contributed by atoms with Crippen molar-refractivity contribution in [3.8, 4) is 0 Å². The second-order valence-corrected chi connectivity index (χ2v) is 5.16. The zero-order valence-electron chi connectivity index (χ0n) is 11.9. The summed E-state index contributed by atoms with van der Waals surface area (Å²) in [4.78, 5) is 19.8. The summed E-state index contributed by atoms with van der Waals surface area (Å²) in [5.41, 5.74) is 1.82. The number of carbonyl (C=O) groups is 1. The minimum atomic E-state index is -0.190. The normalized spacial score (nSPS) is 11.2. The molecule has 108 valence electrons. The zero-order valence-corrected chi connectivity index (χ0v) is 12.6. The highest BCUT2D eigenvalue weighted by atomic mass is 35.5. The molecule has 20 heavy (non-hydrogen) atoms. The summed E-state index contributed by atoms with van der Waals surface area (Å²) in [5.74, 6) is -0.190. The van der Waals surface area contributed by atoms with Crippen LogP contribution >= 0.6 is 11.6 Å². The highest BCUT2D eigenvalue weighted by Crippen LogP contribution is 2.27. The molecule has 0 atom stereocenters. The molecule has 0 aliphatic heterocycles. The molecular weight excluding hydrogens is 278 g/mol. The molecule has 2 rings (SSSR count). The zero-order chi connectivity index (χ0) is 14.7. The van der Waals surface area contributed by atoms with E-state index in [1.54, 1.807) is 6.92 Å². The fourth-order valence-electron chi connectivity index (χ4n) is 2.29. The average Bonchev–Trinajstić information content (AvgIpc) is 2.77. The van der Waals surface area contributed by atoms with Crippen molar-refractivity contribution in [3.05, 3.63) is 23.2 Å². The van der Waals surface area contributed by atoms with E-state index < -0.39 is 0 Å². The number of halogens is 1. The molecule has 0 spiro atoms. The molecule has 0 N–H and O–H groups in total. The number of fused-ring (bicyclic) bond motifs is 1. The van der Waals surface area contributed by atoms with Crippen molar-refractivity contribution >= 4 is 28.6 Å². The molecule has 2 aromatic heterocycles. The van der Waals surface area contributed by atoms with Crippen LogP contribution in [0.15, 0.2) is 12.4 Å². The third-order valence-corrected chi connectivity index (χ3v) is 3.37. The fraction of sp³-hybridized carbons (Fsp3) is 0.500. The van der Waals surface area contributed by atoms with Crippen LogP contribution in [-0.4, -0.2) is 27.1 Å². The summed E-state index contributed by atoms with van der Waals surface area (Å²) in [5, 5.41) is 1.26. The fourth-order valence-corrected chi connectivity index (χ4v) is 2.47. The van der Waals surface area contributed by atoms with Crippen molar-refractivity contribution in [1.82, 2.24) is 14.5 Å². The van der Waals surface area contributed by atoms with Gasteiger partial charge in [0.25, 0.3) is 0 Å². The van der Waals surface area contributed by atoms with Crippen LogP contribution in [0, 0.1) is 0 Å². The van der Waals surface area contributed by atoms with Crippen molar-refractivity contribution in [1.29, 1.82) is 0 Å². The van der Waals surface area contributed by atoms with Crippen LogP contribution in [0.5, 0.6) is 0 Å². The molecule has 0 amide bonds. The SMILES string of the molecule is CCOC(=O)CCc1cc2c(Cl)ncnc2n1C(C)C. The Kier molecular flexibility index (Phi) is 4.60. The maximum Gasteiger partial charge on any atom is 0.306 e. The van der Waals surface area contributed by atoms with Gasteiger partial charge in [-0.2, -0.15) is 0 Å². The second kappa shape index (κ2) is 6.22. The first kappa shape index (κ1) is 14.8. The summed E-state index contributed by atoms with van der Waals surface area (Å²) in [6, 6.07) is 2.19. The molecule has 0 radical (unpaired) electrons.